The van der Waals surface area contributed by atoms with E-state index >= 15 is 0 Å². The van der Waals surface area contributed by atoms with Crippen molar-refractivity contribution in [2.45, 2.75) is 56.8 Å². The van der Waals surface area contributed by atoms with E-state index in [1.54, 1.807) is 19.9 Å². The van der Waals surface area contributed by atoms with E-state index < -0.39 is 23.3 Å². The number of carbonyl (C=O) groups is 1. The maximum absolute atomic E-state index is 13.9. The van der Waals surface area contributed by atoms with Crippen LogP contribution in [0.1, 0.15) is 48.9 Å². The van der Waals surface area contributed by atoms with Gasteiger partial charge in [0, 0.05) is 13.1 Å². The number of aryl methyl sites for hydroxylation is 1. The fourth-order valence-corrected chi connectivity index (χ4v) is 5.79. The van der Waals surface area contributed by atoms with Crippen LogP contribution in [-0.2, 0) is 18.0 Å². The van der Waals surface area contributed by atoms with Crippen LogP contribution in [0.25, 0.3) is 12.2 Å². The molecular formula is C29H27F3N4O2S. The number of amides is 1. The van der Waals surface area contributed by atoms with E-state index in [1.807, 2.05) is 35.3 Å². The number of alkyl halides is 3. The number of halogens is 3. The van der Waals surface area contributed by atoms with Crippen molar-refractivity contribution in [2.24, 2.45) is 9.98 Å². The average molecular weight is 553 g/mol. The molecule has 1 fully saturated rings. The van der Waals surface area contributed by atoms with Gasteiger partial charge in [0.05, 0.1) is 39.5 Å². The van der Waals surface area contributed by atoms with Crippen molar-refractivity contribution in [1.82, 2.24) is 4.90 Å². The van der Waals surface area contributed by atoms with Gasteiger partial charge in [-0.25, -0.2) is 0 Å². The number of thioether (sulfide) groups is 1. The van der Waals surface area contributed by atoms with Crippen LogP contribution >= 0.6 is 11.8 Å². The molecule has 0 spiro atoms. The summed E-state index contributed by atoms with van der Waals surface area (Å²) in [7, 11) is 0. The molecule has 2 aromatic carbocycles. The van der Waals surface area contributed by atoms with Crippen LogP contribution in [0.15, 0.2) is 51.3 Å². The molecule has 0 aromatic heterocycles. The predicted molar refractivity (Wildman–Crippen MR) is 144 cm³/mol. The number of amidine groups is 1. The summed E-state index contributed by atoms with van der Waals surface area (Å²) in [6.07, 6.45) is 0.127. The van der Waals surface area contributed by atoms with Gasteiger partial charge in [-0.05, 0) is 91.1 Å². The molecular weight excluding hydrogens is 525 g/mol. The highest BCUT2D eigenvalue weighted by molar-refractivity contribution is 8.18. The highest BCUT2D eigenvalue weighted by atomic mass is 32.2. The molecule has 3 aliphatic heterocycles. The van der Waals surface area contributed by atoms with Crippen molar-refractivity contribution < 1.29 is 23.1 Å². The number of aliphatic imine (C=N–C) groups is 1. The highest BCUT2D eigenvalue weighted by Gasteiger charge is 2.35. The number of rotatable bonds is 5. The first-order valence-electron chi connectivity index (χ1n) is 12.7. The second kappa shape index (κ2) is 10.3. The van der Waals surface area contributed by atoms with Gasteiger partial charge < -0.3 is 10.0 Å². The minimum atomic E-state index is -4.52. The Morgan fingerprint density at radius 1 is 1.23 bits per heavy atom. The van der Waals surface area contributed by atoms with Crippen LogP contribution in [0.4, 0.5) is 18.0 Å². The molecule has 39 heavy (non-hydrogen) atoms. The molecule has 2 aromatic rings. The molecule has 6 nitrogen and oxygen atoms in total. The molecule has 1 amide bonds. The zero-order valence-corrected chi connectivity index (χ0v) is 22.3. The number of hydrogen-bond donors (Lipinski definition) is 1. The number of carbonyl (C=O) groups excluding carboxylic acids is 1. The van der Waals surface area contributed by atoms with E-state index in [1.165, 1.54) is 6.07 Å². The minimum absolute atomic E-state index is 0.187. The molecule has 0 saturated carbocycles. The van der Waals surface area contributed by atoms with Gasteiger partial charge in [0.2, 0.25) is 0 Å². The summed E-state index contributed by atoms with van der Waals surface area (Å²) in [4.78, 5) is 23.5. The van der Waals surface area contributed by atoms with Crippen LogP contribution in [-0.4, -0.2) is 46.3 Å². The fraction of sp³-hybridized carbons (Fsp3) is 0.379. The second-order valence-corrected chi connectivity index (χ2v) is 11.5. The Balaban J connectivity index is 1.34. The third-order valence-corrected chi connectivity index (χ3v) is 8.02. The van der Waals surface area contributed by atoms with E-state index in [0.717, 1.165) is 38.9 Å². The Kier molecular flexibility index (Phi) is 7.16. The summed E-state index contributed by atoms with van der Waals surface area (Å²) < 4.78 is 41.6. The van der Waals surface area contributed by atoms with Crippen molar-refractivity contribution >= 4 is 35.0 Å². The zero-order valence-electron chi connectivity index (χ0n) is 21.5. The topological polar surface area (TPSA) is 89.0 Å². The van der Waals surface area contributed by atoms with Gasteiger partial charge in [0.15, 0.2) is 0 Å². The average Bonchev–Trinajstić information content (AvgIpc) is 3.59. The Hall–Kier alpha value is -3.42. The molecule has 3 heterocycles. The first kappa shape index (κ1) is 27.2. The SMILES string of the molecule is CC(C)(C#N)c1ccc(CCC2C=c3cc(/C=C4\SC(=O)N=C4N4CCC(O)C4)ccc3=N2)c(C(F)(F)F)c1. The number of nitriles is 1. The molecule has 0 radical (unpaired) electrons. The van der Waals surface area contributed by atoms with E-state index in [4.69, 9.17) is 0 Å². The number of benzene rings is 2. The maximum Gasteiger partial charge on any atom is 0.416 e. The number of hydrogen-bond acceptors (Lipinski definition) is 6. The Morgan fingerprint density at radius 3 is 2.72 bits per heavy atom. The maximum atomic E-state index is 13.9. The first-order valence-corrected chi connectivity index (χ1v) is 13.5. The second-order valence-electron chi connectivity index (χ2n) is 10.5. The van der Waals surface area contributed by atoms with Gasteiger partial charge >= 0.3 is 11.4 Å². The molecule has 202 valence electrons. The molecule has 0 aliphatic carbocycles. The minimum Gasteiger partial charge on any atom is -0.391 e. The summed E-state index contributed by atoms with van der Waals surface area (Å²) in [5.41, 5.74) is -0.343. The normalized spacial score (nSPS) is 22.0. The van der Waals surface area contributed by atoms with Crippen molar-refractivity contribution in [3.63, 3.8) is 0 Å². The molecule has 0 bridgehead atoms. The van der Waals surface area contributed by atoms with E-state index in [-0.39, 0.29) is 23.3 Å². The summed E-state index contributed by atoms with van der Waals surface area (Å²) in [5.74, 6) is 0.582. The standard InChI is InChI=1S/C29H27F3N4O2S/c1-28(2,16-33)20-6-4-18(23(14-20)29(30,31)32)5-7-21-13-19-11-17(3-8-24(19)34-21)12-25-26(35-27(38)39-25)36-10-9-22(37)15-36/h3-4,6,8,11-14,21-22,37H,5,7,9-10,15H2,1-2H3/b25-12-. The number of nitrogens with zero attached hydrogens (tertiary/aromatic N) is 4. The van der Waals surface area contributed by atoms with Gasteiger partial charge in [-0.2, -0.15) is 23.4 Å². The number of likely N-dealkylation sites (tertiary alicyclic amines) is 1. The Bertz CT molecular complexity index is 1560. The molecule has 3 aliphatic rings. The lowest BCUT2D eigenvalue weighted by Crippen LogP contribution is -2.29. The molecule has 2 atom stereocenters. The Morgan fingerprint density at radius 2 is 2.03 bits per heavy atom. The van der Waals surface area contributed by atoms with Gasteiger partial charge in [0.25, 0.3) is 0 Å². The van der Waals surface area contributed by atoms with Crippen LogP contribution in [0, 0.1) is 11.3 Å². The van der Waals surface area contributed by atoms with Gasteiger partial charge in [-0.1, -0.05) is 24.3 Å². The molecule has 1 saturated heterocycles. The van der Waals surface area contributed by atoms with E-state index in [9.17, 15) is 28.3 Å². The zero-order chi connectivity index (χ0) is 27.9. The molecule has 10 heteroatoms. The van der Waals surface area contributed by atoms with Gasteiger partial charge in [0.1, 0.15) is 5.84 Å². The van der Waals surface area contributed by atoms with Crippen molar-refractivity contribution in [3.05, 3.63) is 74.1 Å². The monoisotopic (exact) mass is 552 g/mol. The summed E-state index contributed by atoms with van der Waals surface area (Å²) in [6, 6.07) is 11.7. The molecule has 1 N–H and O–H groups in total. The lowest BCUT2D eigenvalue weighted by atomic mass is 9.84. The van der Waals surface area contributed by atoms with Gasteiger partial charge in [-0.15, -0.1) is 0 Å². The largest absolute Gasteiger partial charge is 0.416 e. The number of β-amino-alcohol motifs (C(OH)–C–C–N with tert-alkyl or cyclic N) is 1. The summed E-state index contributed by atoms with van der Waals surface area (Å²) >= 11 is 1.06. The lowest BCUT2D eigenvalue weighted by Gasteiger charge is -2.20. The first-order chi connectivity index (χ1) is 18.4. The van der Waals surface area contributed by atoms with Gasteiger partial charge in [-0.3, -0.25) is 9.79 Å². The third-order valence-electron chi connectivity index (χ3n) is 7.23. The van der Waals surface area contributed by atoms with E-state index in [0.29, 0.717) is 37.3 Å². The van der Waals surface area contributed by atoms with Crippen molar-refractivity contribution in [1.29, 1.82) is 5.26 Å². The smallest absolute Gasteiger partial charge is 0.391 e. The number of aliphatic hydroxyl groups is 1. The predicted octanol–water partition coefficient (Wildman–Crippen LogP) is 4.59. The molecule has 2 unspecified atom stereocenters. The third kappa shape index (κ3) is 5.80. The quantitative estimate of drug-likeness (QED) is 0.586. The van der Waals surface area contributed by atoms with Crippen molar-refractivity contribution in [3.8, 4) is 6.07 Å². The number of aliphatic hydroxyl groups excluding tert-OH is 1. The van der Waals surface area contributed by atoms with Crippen LogP contribution in [0.5, 0.6) is 0 Å². The summed E-state index contributed by atoms with van der Waals surface area (Å²) in [5, 5.41) is 20.6. The van der Waals surface area contributed by atoms with Crippen molar-refractivity contribution in [2.75, 3.05) is 13.1 Å². The number of fused-ring (bicyclic) bond motifs is 1. The van der Waals surface area contributed by atoms with Crippen LogP contribution in [0.2, 0.25) is 0 Å². The lowest BCUT2D eigenvalue weighted by molar-refractivity contribution is -0.138. The fourth-order valence-electron chi connectivity index (χ4n) is 5.01. The Labute approximate surface area is 228 Å². The molecule has 5 rings (SSSR count). The van der Waals surface area contributed by atoms with E-state index in [2.05, 4.69) is 16.1 Å². The highest BCUT2D eigenvalue weighted by Crippen LogP contribution is 2.36. The van der Waals surface area contributed by atoms with Crippen LogP contribution < -0.4 is 10.6 Å². The summed E-state index contributed by atoms with van der Waals surface area (Å²) in [6.45, 7) is 4.28. The van der Waals surface area contributed by atoms with Crippen LogP contribution in [0.3, 0.4) is 0 Å².